The van der Waals surface area contributed by atoms with E-state index in [4.69, 9.17) is 4.74 Å². The molecule has 0 aliphatic heterocycles. The highest BCUT2D eigenvalue weighted by atomic mass is 16.5. The topological polar surface area (TPSA) is 67.4 Å². The summed E-state index contributed by atoms with van der Waals surface area (Å²) in [7, 11) is 0. The number of carbonyl (C=O) groups is 2. The lowest BCUT2D eigenvalue weighted by atomic mass is 9.99. The standard InChI is InChI=1S/C20H32N2O3/c1-7-13(3)19(20(24)25-8-2)21-12-18(23)22-16(6)17-10-9-14(4)15(5)11-17/h9-11,13,16,19,21H,7-8,12H2,1-6H3,(H,22,23). The third-order valence-electron chi connectivity index (χ3n) is 4.64. The maximum atomic E-state index is 12.2. The van der Waals surface area contributed by atoms with Gasteiger partial charge in [0.05, 0.1) is 19.2 Å². The highest BCUT2D eigenvalue weighted by molar-refractivity contribution is 5.81. The molecule has 0 aliphatic carbocycles. The van der Waals surface area contributed by atoms with E-state index in [9.17, 15) is 9.59 Å². The fraction of sp³-hybridized carbons (Fsp3) is 0.600. The Morgan fingerprint density at radius 2 is 1.80 bits per heavy atom. The van der Waals surface area contributed by atoms with Gasteiger partial charge in [0, 0.05) is 0 Å². The second-order valence-corrected chi connectivity index (χ2v) is 6.63. The van der Waals surface area contributed by atoms with Crippen molar-refractivity contribution in [2.45, 2.75) is 60.0 Å². The Labute approximate surface area is 151 Å². The first kappa shape index (κ1) is 21.2. The van der Waals surface area contributed by atoms with Gasteiger partial charge in [0.1, 0.15) is 6.04 Å². The van der Waals surface area contributed by atoms with E-state index in [0.29, 0.717) is 6.61 Å². The van der Waals surface area contributed by atoms with E-state index in [1.54, 1.807) is 6.92 Å². The predicted molar refractivity (Wildman–Crippen MR) is 100 cm³/mol. The van der Waals surface area contributed by atoms with Gasteiger partial charge in [-0.3, -0.25) is 14.9 Å². The lowest BCUT2D eigenvalue weighted by Crippen LogP contribution is -2.47. The number of ether oxygens (including phenoxy) is 1. The second-order valence-electron chi connectivity index (χ2n) is 6.63. The number of hydrogen-bond donors (Lipinski definition) is 2. The van der Waals surface area contributed by atoms with Crippen LogP contribution in [0.15, 0.2) is 18.2 Å². The van der Waals surface area contributed by atoms with Crippen LogP contribution in [0.2, 0.25) is 0 Å². The number of aryl methyl sites for hydroxylation is 2. The third-order valence-corrected chi connectivity index (χ3v) is 4.64. The molecule has 0 aliphatic rings. The van der Waals surface area contributed by atoms with Crippen molar-refractivity contribution in [2.75, 3.05) is 13.2 Å². The number of hydrogen-bond acceptors (Lipinski definition) is 4. The van der Waals surface area contributed by atoms with Gasteiger partial charge in [-0.15, -0.1) is 0 Å². The summed E-state index contributed by atoms with van der Waals surface area (Å²) in [6.45, 7) is 12.3. The van der Waals surface area contributed by atoms with Gasteiger partial charge < -0.3 is 10.1 Å². The average molecular weight is 348 g/mol. The van der Waals surface area contributed by atoms with Gasteiger partial charge in [-0.2, -0.15) is 0 Å². The Morgan fingerprint density at radius 3 is 2.36 bits per heavy atom. The van der Waals surface area contributed by atoms with Crippen LogP contribution in [0.4, 0.5) is 0 Å². The van der Waals surface area contributed by atoms with Crippen LogP contribution in [-0.4, -0.2) is 31.1 Å². The molecule has 0 radical (unpaired) electrons. The summed E-state index contributed by atoms with van der Waals surface area (Å²) in [4.78, 5) is 24.3. The molecule has 1 aromatic carbocycles. The highest BCUT2D eigenvalue weighted by Crippen LogP contribution is 2.16. The number of carbonyl (C=O) groups excluding carboxylic acids is 2. The highest BCUT2D eigenvalue weighted by Gasteiger charge is 2.25. The van der Waals surface area contributed by atoms with Crippen LogP contribution in [0.3, 0.4) is 0 Å². The van der Waals surface area contributed by atoms with Crippen LogP contribution in [0, 0.1) is 19.8 Å². The maximum Gasteiger partial charge on any atom is 0.323 e. The molecule has 0 fully saturated rings. The van der Waals surface area contributed by atoms with E-state index in [1.165, 1.54) is 11.1 Å². The zero-order chi connectivity index (χ0) is 19.0. The molecule has 3 atom stereocenters. The molecule has 0 aromatic heterocycles. The van der Waals surface area contributed by atoms with E-state index in [1.807, 2.05) is 26.8 Å². The van der Waals surface area contributed by atoms with E-state index >= 15 is 0 Å². The van der Waals surface area contributed by atoms with Crippen molar-refractivity contribution < 1.29 is 14.3 Å². The Balaban J connectivity index is 2.61. The fourth-order valence-electron chi connectivity index (χ4n) is 2.60. The Kier molecular flexibility index (Phi) is 8.62. The van der Waals surface area contributed by atoms with Crippen molar-refractivity contribution in [1.82, 2.24) is 10.6 Å². The van der Waals surface area contributed by atoms with Crippen LogP contribution >= 0.6 is 0 Å². The lowest BCUT2D eigenvalue weighted by molar-refractivity contribution is -0.147. The van der Waals surface area contributed by atoms with Crippen molar-refractivity contribution in [3.8, 4) is 0 Å². The van der Waals surface area contributed by atoms with Crippen molar-refractivity contribution in [3.63, 3.8) is 0 Å². The molecule has 1 rings (SSSR count). The minimum Gasteiger partial charge on any atom is -0.465 e. The molecule has 0 heterocycles. The molecule has 1 aromatic rings. The summed E-state index contributed by atoms with van der Waals surface area (Å²) in [5.41, 5.74) is 3.51. The second kappa shape index (κ2) is 10.2. The smallest absolute Gasteiger partial charge is 0.323 e. The van der Waals surface area contributed by atoms with E-state index in [2.05, 4.69) is 36.6 Å². The molecule has 5 heteroatoms. The third kappa shape index (κ3) is 6.50. The molecule has 1 amide bonds. The number of benzene rings is 1. The summed E-state index contributed by atoms with van der Waals surface area (Å²) < 4.78 is 5.10. The van der Waals surface area contributed by atoms with Crippen molar-refractivity contribution in [2.24, 2.45) is 5.92 Å². The molecule has 0 saturated carbocycles. The summed E-state index contributed by atoms with van der Waals surface area (Å²) in [6, 6.07) is 5.63. The first-order chi connectivity index (χ1) is 11.8. The molecule has 25 heavy (non-hydrogen) atoms. The monoisotopic (exact) mass is 348 g/mol. The predicted octanol–water partition coefficient (Wildman–Crippen LogP) is 3.05. The summed E-state index contributed by atoms with van der Waals surface area (Å²) >= 11 is 0. The molecule has 3 unspecified atom stereocenters. The zero-order valence-corrected chi connectivity index (χ0v) is 16.3. The molecular weight excluding hydrogens is 316 g/mol. The van der Waals surface area contributed by atoms with Crippen LogP contribution in [0.5, 0.6) is 0 Å². The van der Waals surface area contributed by atoms with E-state index < -0.39 is 6.04 Å². The average Bonchev–Trinajstić information content (AvgIpc) is 2.57. The van der Waals surface area contributed by atoms with Crippen molar-refractivity contribution in [3.05, 3.63) is 34.9 Å². The van der Waals surface area contributed by atoms with Gasteiger partial charge in [0.2, 0.25) is 5.91 Å². The van der Waals surface area contributed by atoms with E-state index in [0.717, 1.165) is 12.0 Å². The summed E-state index contributed by atoms with van der Waals surface area (Å²) in [6.07, 6.45) is 0.831. The number of rotatable bonds is 9. The van der Waals surface area contributed by atoms with Gasteiger partial charge in [0.25, 0.3) is 0 Å². The van der Waals surface area contributed by atoms with Gasteiger partial charge in [0.15, 0.2) is 0 Å². The summed E-state index contributed by atoms with van der Waals surface area (Å²) in [5, 5.41) is 6.02. The van der Waals surface area contributed by atoms with Gasteiger partial charge in [-0.25, -0.2) is 0 Å². The molecule has 0 saturated heterocycles. The van der Waals surface area contributed by atoms with Gasteiger partial charge >= 0.3 is 5.97 Å². The molecule has 5 nitrogen and oxygen atoms in total. The number of amides is 1. The molecule has 0 spiro atoms. The van der Waals surface area contributed by atoms with Crippen LogP contribution in [0.25, 0.3) is 0 Å². The zero-order valence-electron chi connectivity index (χ0n) is 16.3. The first-order valence-corrected chi connectivity index (χ1v) is 9.06. The van der Waals surface area contributed by atoms with Crippen LogP contribution in [-0.2, 0) is 14.3 Å². The Bertz CT molecular complexity index is 586. The molecular formula is C20H32N2O3. The fourth-order valence-corrected chi connectivity index (χ4v) is 2.60. The van der Waals surface area contributed by atoms with Gasteiger partial charge in [-0.1, -0.05) is 38.5 Å². The maximum absolute atomic E-state index is 12.2. The quantitative estimate of drug-likeness (QED) is 0.673. The summed E-state index contributed by atoms with van der Waals surface area (Å²) in [5.74, 6) is -0.334. The normalized spacial score (nSPS) is 14.5. The van der Waals surface area contributed by atoms with Crippen LogP contribution < -0.4 is 10.6 Å². The number of esters is 1. The Morgan fingerprint density at radius 1 is 1.12 bits per heavy atom. The minimum absolute atomic E-state index is 0.0850. The van der Waals surface area contributed by atoms with Crippen molar-refractivity contribution in [1.29, 1.82) is 0 Å². The number of nitrogens with one attached hydrogen (secondary N) is 2. The molecule has 0 bridgehead atoms. The Hall–Kier alpha value is -1.88. The van der Waals surface area contributed by atoms with Crippen molar-refractivity contribution >= 4 is 11.9 Å². The first-order valence-electron chi connectivity index (χ1n) is 9.06. The largest absolute Gasteiger partial charge is 0.465 e. The van der Waals surface area contributed by atoms with E-state index in [-0.39, 0.29) is 30.4 Å². The molecule has 140 valence electrons. The lowest BCUT2D eigenvalue weighted by Gasteiger charge is -2.23. The minimum atomic E-state index is -0.465. The SMILES string of the molecule is CCOC(=O)C(NCC(=O)NC(C)c1ccc(C)c(C)c1)C(C)CC. The van der Waals surface area contributed by atoms with Crippen LogP contribution in [0.1, 0.15) is 56.8 Å². The van der Waals surface area contributed by atoms with Gasteiger partial charge in [-0.05, 0) is 50.3 Å². The molecule has 2 N–H and O–H groups in total.